The van der Waals surface area contributed by atoms with Crippen LogP contribution in [-0.2, 0) is 0 Å². The fraction of sp³-hybridized carbons (Fsp3) is 1.00. The van der Waals surface area contributed by atoms with Crippen LogP contribution in [0.1, 0.15) is 46.0 Å². The summed E-state index contributed by atoms with van der Waals surface area (Å²) in [4.78, 5) is 0. The van der Waals surface area contributed by atoms with Gasteiger partial charge in [-0.25, -0.2) is 0 Å². The monoisotopic (exact) mass is 170 g/mol. The largest absolute Gasteiger partial charge is 0.396 e. The van der Waals surface area contributed by atoms with E-state index in [9.17, 15) is 0 Å². The van der Waals surface area contributed by atoms with E-state index in [0.717, 1.165) is 11.8 Å². The Morgan fingerprint density at radius 1 is 1.17 bits per heavy atom. The normalized spacial score (nSPS) is 32.0. The highest BCUT2D eigenvalue weighted by atomic mass is 16.3. The van der Waals surface area contributed by atoms with Crippen molar-refractivity contribution in [3.05, 3.63) is 0 Å². The molecule has 1 aliphatic rings. The Morgan fingerprint density at radius 2 is 1.92 bits per heavy atom. The maximum atomic E-state index is 9.04. The van der Waals surface area contributed by atoms with Gasteiger partial charge < -0.3 is 5.11 Å². The van der Waals surface area contributed by atoms with Crippen LogP contribution < -0.4 is 0 Å². The SMILES string of the molecule is CC(C)C1CCCC(CO)CC1. The molecule has 0 aliphatic heterocycles. The molecule has 0 saturated heterocycles. The van der Waals surface area contributed by atoms with Gasteiger partial charge in [0, 0.05) is 6.61 Å². The van der Waals surface area contributed by atoms with Gasteiger partial charge in [-0.1, -0.05) is 26.7 Å². The standard InChI is InChI=1S/C11H22O/c1-9(2)11-5-3-4-10(8-12)6-7-11/h9-12H,3-8H2,1-2H3. The van der Waals surface area contributed by atoms with Gasteiger partial charge in [0.2, 0.25) is 0 Å². The van der Waals surface area contributed by atoms with E-state index in [1.807, 2.05) is 0 Å². The lowest BCUT2D eigenvalue weighted by Crippen LogP contribution is -2.08. The summed E-state index contributed by atoms with van der Waals surface area (Å²) in [7, 11) is 0. The molecule has 1 rings (SSSR count). The first-order valence-electron chi connectivity index (χ1n) is 5.35. The van der Waals surface area contributed by atoms with Gasteiger partial charge in [-0.3, -0.25) is 0 Å². The van der Waals surface area contributed by atoms with Crippen LogP contribution in [0.5, 0.6) is 0 Å². The van der Waals surface area contributed by atoms with E-state index in [-0.39, 0.29) is 0 Å². The summed E-state index contributed by atoms with van der Waals surface area (Å²) in [5.74, 6) is 2.36. The van der Waals surface area contributed by atoms with E-state index in [1.54, 1.807) is 0 Å². The second kappa shape index (κ2) is 4.86. The predicted octanol–water partition coefficient (Wildman–Crippen LogP) is 2.83. The summed E-state index contributed by atoms with van der Waals surface area (Å²) in [5.41, 5.74) is 0. The third-order valence-electron chi connectivity index (χ3n) is 3.33. The summed E-state index contributed by atoms with van der Waals surface area (Å²) in [5, 5.41) is 9.04. The molecule has 1 nitrogen and oxygen atoms in total. The number of rotatable bonds is 2. The maximum Gasteiger partial charge on any atom is 0.0459 e. The Balaban J connectivity index is 2.34. The van der Waals surface area contributed by atoms with Crippen molar-refractivity contribution >= 4 is 0 Å². The van der Waals surface area contributed by atoms with E-state index in [2.05, 4.69) is 13.8 Å². The van der Waals surface area contributed by atoms with Crippen molar-refractivity contribution in [2.75, 3.05) is 6.61 Å². The second-order valence-corrected chi connectivity index (χ2v) is 4.56. The Labute approximate surface area is 76.2 Å². The maximum absolute atomic E-state index is 9.04. The topological polar surface area (TPSA) is 20.2 Å². The van der Waals surface area contributed by atoms with Crippen molar-refractivity contribution in [2.24, 2.45) is 17.8 Å². The lowest BCUT2D eigenvalue weighted by atomic mass is 9.88. The summed E-state index contributed by atoms with van der Waals surface area (Å²) in [6, 6.07) is 0. The molecule has 1 heteroatoms. The third kappa shape index (κ3) is 2.78. The molecule has 0 spiro atoms. The molecule has 2 atom stereocenters. The zero-order chi connectivity index (χ0) is 8.97. The molecule has 0 heterocycles. The van der Waals surface area contributed by atoms with Crippen molar-refractivity contribution in [2.45, 2.75) is 46.0 Å². The summed E-state index contributed by atoms with van der Waals surface area (Å²) in [6.07, 6.45) is 6.55. The molecule has 0 aromatic rings. The molecule has 0 radical (unpaired) electrons. The van der Waals surface area contributed by atoms with E-state index in [1.165, 1.54) is 32.1 Å². The first kappa shape index (κ1) is 10.0. The first-order valence-corrected chi connectivity index (χ1v) is 5.35. The van der Waals surface area contributed by atoms with Crippen LogP contribution in [-0.4, -0.2) is 11.7 Å². The van der Waals surface area contributed by atoms with E-state index in [4.69, 9.17) is 5.11 Å². The minimum atomic E-state index is 0.408. The smallest absolute Gasteiger partial charge is 0.0459 e. The van der Waals surface area contributed by atoms with Gasteiger partial charge in [-0.15, -0.1) is 0 Å². The van der Waals surface area contributed by atoms with Gasteiger partial charge in [0.1, 0.15) is 0 Å². The van der Waals surface area contributed by atoms with Crippen LogP contribution in [0.25, 0.3) is 0 Å². The third-order valence-corrected chi connectivity index (χ3v) is 3.33. The molecule has 1 aliphatic carbocycles. The minimum absolute atomic E-state index is 0.408. The molecule has 12 heavy (non-hydrogen) atoms. The number of aliphatic hydroxyl groups is 1. The van der Waals surface area contributed by atoms with Crippen LogP contribution in [0.3, 0.4) is 0 Å². The number of aliphatic hydroxyl groups excluding tert-OH is 1. The minimum Gasteiger partial charge on any atom is -0.396 e. The molecule has 0 amide bonds. The molecular weight excluding hydrogens is 148 g/mol. The van der Waals surface area contributed by atoms with Gasteiger partial charge in [0.15, 0.2) is 0 Å². The molecule has 1 N–H and O–H groups in total. The fourth-order valence-electron chi connectivity index (χ4n) is 2.26. The van der Waals surface area contributed by atoms with Crippen molar-refractivity contribution in [3.8, 4) is 0 Å². The average molecular weight is 170 g/mol. The average Bonchev–Trinajstić information content (AvgIpc) is 2.28. The van der Waals surface area contributed by atoms with Crippen LogP contribution in [0.2, 0.25) is 0 Å². The first-order chi connectivity index (χ1) is 5.74. The highest BCUT2D eigenvalue weighted by molar-refractivity contribution is 4.71. The van der Waals surface area contributed by atoms with Gasteiger partial charge in [0.05, 0.1) is 0 Å². The molecule has 0 aromatic heterocycles. The summed E-state index contributed by atoms with van der Waals surface area (Å²) < 4.78 is 0. The van der Waals surface area contributed by atoms with Gasteiger partial charge in [0.25, 0.3) is 0 Å². The Morgan fingerprint density at radius 3 is 2.50 bits per heavy atom. The van der Waals surface area contributed by atoms with Crippen LogP contribution in [0.4, 0.5) is 0 Å². The van der Waals surface area contributed by atoms with Gasteiger partial charge >= 0.3 is 0 Å². The van der Waals surface area contributed by atoms with Crippen LogP contribution >= 0.6 is 0 Å². The Hall–Kier alpha value is -0.0400. The molecule has 2 unspecified atom stereocenters. The highest BCUT2D eigenvalue weighted by Gasteiger charge is 2.20. The van der Waals surface area contributed by atoms with E-state index < -0.39 is 0 Å². The fourth-order valence-corrected chi connectivity index (χ4v) is 2.26. The summed E-state index contributed by atoms with van der Waals surface area (Å²) >= 11 is 0. The second-order valence-electron chi connectivity index (χ2n) is 4.56. The van der Waals surface area contributed by atoms with Crippen molar-refractivity contribution < 1.29 is 5.11 Å². The van der Waals surface area contributed by atoms with Crippen molar-refractivity contribution in [1.82, 2.24) is 0 Å². The zero-order valence-electron chi connectivity index (χ0n) is 8.42. The van der Waals surface area contributed by atoms with Crippen molar-refractivity contribution in [3.63, 3.8) is 0 Å². The molecule has 1 fully saturated rings. The quantitative estimate of drug-likeness (QED) is 0.632. The zero-order valence-corrected chi connectivity index (χ0v) is 8.42. The highest BCUT2D eigenvalue weighted by Crippen LogP contribution is 2.31. The van der Waals surface area contributed by atoms with E-state index >= 15 is 0 Å². The van der Waals surface area contributed by atoms with E-state index in [0.29, 0.717) is 12.5 Å². The molecular formula is C11H22O. The molecule has 1 saturated carbocycles. The predicted molar refractivity (Wildman–Crippen MR) is 52.0 cm³/mol. The number of hydrogen-bond acceptors (Lipinski definition) is 1. The molecule has 0 aromatic carbocycles. The lowest BCUT2D eigenvalue weighted by molar-refractivity contribution is 0.210. The lowest BCUT2D eigenvalue weighted by Gasteiger charge is -2.17. The number of hydrogen-bond donors (Lipinski definition) is 1. The molecule has 72 valence electrons. The Bertz CT molecular complexity index is 120. The van der Waals surface area contributed by atoms with Crippen LogP contribution in [0.15, 0.2) is 0 Å². The van der Waals surface area contributed by atoms with Crippen LogP contribution in [0, 0.1) is 17.8 Å². The van der Waals surface area contributed by atoms with Gasteiger partial charge in [-0.05, 0) is 37.0 Å². The van der Waals surface area contributed by atoms with Gasteiger partial charge in [-0.2, -0.15) is 0 Å². The van der Waals surface area contributed by atoms with Crippen molar-refractivity contribution in [1.29, 1.82) is 0 Å². The molecule has 0 bridgehead atoms. The summed E-state index contributed by atoms with van der Waals surface area (Å²) in [6.45, 7) is 5.05. The Kier molecular flexibility index (Phi) is 4.07.